The molecule has 0 saturated heterocycles. The molecular weight excluding hydrogens is 406 g/mol. The van der Waals surface area contributed by atoms with Gasteiger partial charge in [-0.3, -0.25) is 0 Å². The summed E-state index contributed by atoms with van der Waals surface area (Å²) in [5.41, 5.74) is 0. The molecule has 108 valence electrons. The maximum absolute atomic E-state index is 9.86. The second-order valence-electron chi connectivity index (χ2n) is 4.28. The van der Waals surface area contributed by atoms with Gasteiger partial charge in [0.15, 0.2) is 0 Å². The summed E-state index contributed by atoms with van der Waals surface area (Å²) in [6.45, 7) is 1.53. The Kier molecular flexibility index (Phi) is 6.51. The Labute approximate surface area is 139 Å². The van der Waals surface area contributed by atoms with E-state index in [9.17, 15) is 5.11 Å². The van der Waals surface area contributed by atoms with Gasteiger partial charge in [-0.1, -0.05) is 22.0 Å². The molecule has 20 heavy (non-hydrogen) atoms. The van der Waals surface area contributed by atoms with Crippen LogP contribution in [-0.4, -0.2) is 24.4 Å². The second-order valence-corrected chi connectivity index (χ2v) is 7.11. The molecule has 0 aliphatic carbocycles. The maximum Gasteiger partial charge on any atom is 0.120 e. The van der Waals surface area contributed by atoms with Crippen molar-refractivity contribution in [1.29, 1.82) is 0 Å². The van der Waals surface area contributed by atoms with E-state index in [1.807, 2.05) is 29.6 Å². The molecule has 0 spiro atoms. The van der Waals surface area contributed by atoms with E-state index >= 15 is 0 Å². The molecule has 1 aromatic heterocycles. The topological polar surface area (TPSA) is 41.5 Å². The summed E-state index contributed by atoms with van der Waals surface area (Å²) in [5.74, 6) is 0.751. The monoisotopic (exact) mass is 419 g/mol. The van der Waals surface area contributed by atoms with Gasteiger partial charge in [-0.05, 0) is 40.2 Å². The van der Waals surface area contributed by atoms with Crippen LogP contribution in [0.15, 0.2) is 44.7 Å². The second kappa shape index (κ2) is 8.14. The van der Waals surface area contributed by atoms with Crippen molar-refractivity contribution in [2.24, 2.45) is 0 Å². The average molecular weight is 421 g/mol. The van der Waals surface area contributed by atoms with Crippen molar-refractivity contribution in [1.82, 2.24) is 5.32 Å². The van der Waals surface area contributed by atoms with Gasteiger partial charge in [0.25, 0.3) is 0 Å². The van der Waals surface area contributed by atoms with E-state index < -0.39 is 6.10 Å². The van der Waals surface area contributed by atoms with Crippen LogP contribution >= 0.6 is 43.2 Å². The fourth-order valence-electron chi connectivity index (χ4n) is 1.62. The number of rotatable bonds is 7. The summed E-state index contributed by atoms with van der Waals surface area (Å²) < 4.78 is 7.59. The number of halogens is 2. The fraction of sp³-hybridized carbons (Fsp3) is 0.286. The van der Waals surface area contributed by atoms with E-state index in [0.29, 0.717) is 6.54 Å². The van der Waals surface area contributed by atoms with Crippen LogP contribution in [0.1, 0.15) is 4.88 Å². The molecule has 0 fully saturated rings. The highest BCUT2D eigenvalue weighted by Gasteiger charge is 2.06. The highest BCUT2D eigenvalue weighted by molar-refractivity contribution is 9.10. The van der Waals surface area contributed by atoms with Crippen LogP contribution in [0.5, 0.6) is 5.75 Å². The molecule has 0 aliphatic heterocycles. The number of thiophene rings is 1. The lowest BCUT2D eigenvalue weighted by molar-refractivity contribution is 0.106. The van der Waals surface area contributed by atoms with Crippen LogP contribution in [0, 0.1) is 0 Å². The van der Waals surface area contributed by atoms with E-state index in [-0.39, 0.29) is 6.61 Å². The summed E-state index contributed by atoms with van der Waals surface area (Å²) >= 11 is 8.49. The molecule has 1 aromatic carbocycles. The molecule has 0 amide bonds. The zero-order valence-electron chi connectivity index (χ0n) is 10.7. The minimum atomic E-state index is -0.530. The first-order valence-corrected chi connectivity index (χ1v) is 8.60. The van der Waals surface area contributed by atoms with Gasteiger partial charge in [0.05, 0.1) is 0 Å². The van der Waals surface area contributed by atoms with Crippen molar-refractivity contribution < 1.29 is 9.84 Å². The van der Waals surface area contributed by atoms with Gasteiger partial charge in [-0.25, -0.2) is 0 Å². The molecule has 0 saturated carbocycles. The first kappa shape index (κ1) is 16.0. The number of hydrogen-bond donors (Lipinski definition) is 2. The van der Waals surface area contributed by atoms with Crippen LogP contribution in [0.4, 0.5) is 0 Å². The number of aliphatic hydroxyl groups is 1. The molecule has 3 nitrogen and oxygen atoms in total. The Hall–Kier alpha value is -0.400. The predicted octanol–water partition coefficient (Wildman–Crippen LogP) is 3.80. The predicted molar refractivity (Wildman–Crippen MR) is 89.4 cm³/mol. The number of ether oxygens (including phenoxy) is 1. The van der Waals surface area contributed by atoms with Gasteiger partial charge >= 0.3 is 0 Å². The van der Waals surface area contributed by atoms with Crippen LogP contribution in [0.2, 0.25) is 0 Å². The van der Waals surface area contributed by atoms with Crippen molar-refractivity contribution in [3.63, 3.8) is 0 Å². The summed E-state index contributed by atoms with van der Waals surface area (Å²) in [5, 5.41) is 15.1. The van der Waals surface area contributed by atoms with E-state index in [1.54, 1.807) is 11.3 Å². The Morgan fingerprint density at radius 1 is 1.25 bits per heavy atom. The lowest BCUT2D eigenvalue weighted by Crippen LogP contribution is -2.30. The average Bonchev–Trinajstić information content (AvgIpc) is 2.82. The largest absolute Gasteiger partial charge is 0.491 e. The quantitative estimate of drug-likeness (QED) is 0.715. The van der Waals surface area contributed by atoms with E-state index in [4.69, 9.17) is 4.74 Å². The number of nitrogens with one attached hydrogen (secondary N) is 1. The van der Waals surface area contributed by atoms with Crippen LogP contribution in [0.3, 0.4) is 0 Å². The van der Waals surface area contributed by atoms with E-state index in [2.05, 4.69) is 43.2 Å². The minimum Gasteiger partial charge on any atom is -0.491 e. The van der Waals surface area contributed by atoms with Gasteiger partial charge in [-0.2, -0.15) is 0 Å². The van der Waals surface area contributed by atoms with Crippen molar-refractivity contribution >= 4 is 43.2 Å². The fourth-order valence-corrected chi connectivity index (χ4v) is 3.42. The zero-order chi connectivity index (χ0) is 14.4. The minimum absolute atomic E-state index is 0.275. The first-order chi connectivity index (χ1) is 9.63. The van der Waals surface area contributed by atoms with Crippen molar-refractivity contribution in [2.45, 2.75) is 12.6 Å². The Morgan fingerprint density at radius 2 is 2.10 bits per heavy atom. The Morgan fingerprint density at radius 3 is 2.80 bits per heavy atom. The molecule has 1 heterocycles. The summed E-state index contributed by atoms with van der Waals surface area (Å²) in [6.07, 6.45) is -0.530. The van der Waals surface area contributed by atoms with Crippen molar-refractivity contribution in [3.8, 4) is 5.75 Å². The molecule has 0 radical (unpaired) electrons. The van der Waals surface area contributed by atoms with Crippen molar-refractivity contribution in [3.05, 3.63) is 49.5 Å². The van der Waals surface area contributed by atoms with Gasteiger partial charge in [0.1, 0.15) is 18.5 Å². The van der Waals surface area contributed by atoms with Crippen LogP contribution in [-0.2, 0) is 6.54 Å². The molecular formula is C14H15Br2NO2S. The molecule has 2 rings (SSSR count). The zero-order valence-corrected chi connectivity index (χ0v) is 14.7. The van der Waals surface area contributed by atoms with Gasteiger partial charge < -0.3 is 15.2 Å². The summed E-state index contributed by atoms with van der Waals surface area (Å²) in [7, 11) is 0. The summed E-state index contributed by atoms with van der Waals surface area (Å²) in [6, 6.07) is 9.65. The van der Waals surface area contributed by atoms with Gasteiger partial charge in [-0.15, -0.1) is 11.3 Å². The normalized spacial score (nSPS) is 12.3. The van der Waals surface area contributed by atoms with Gasteiger partial charge in [0.2, 0.25) is 0 Å². The molecule has 0 aliphatic rings. The van der Waals surface area contributed by atoms with E-state index in [1.165, 1.54) is 4.88 Å². The molecule has 1 unspecified atom stereocenters. The highest BCUT2D eigenvalue weighted by Crippen LogP contribution is 2.19. The molecule has 1 atom stereocenters. The standard InChI is InChI=1S/C14H15Br2NO2S/c15-10-2-1-3-13(4-10)19-8-12(18)6-17-7-14-5-11(16)9-20-14/h1-5,9,12,17-18H,6-8H2. The number of benzene rings is 1. The maximum atomic E-state index is 9.86. The molecule has 0 bridgehead atoms. The first-order valence-electron chi connectivity index (χ1n) is 6.13. The number of aliphatic hydroxyl groups excluding tert-OH is 1. The van der Waals surface area contributed by atoms with Crippen LogP contribution < -0.4 is 10.1 Å². The third-order valence-electron chi connectivity index (χ3n) is 2.54. The molecule has 2 N–H and O–H groups in total. The SMILES string of the molecule is OC(CNCc1cc(Br)cs1)COc1cccc(Br)c1. The highest BCUT2D eigenvalue weighted by atomic mass is 79.9. The van der Waals surface area contributed by atoms with E-state index in [0.717, 1.165) is 21.2 Å². The summed E-state index contributed by atoms with van der Waals surface area (Å²) in [4.78, 5) is 1.23. The third kappa shape index (κ3) is 5.54. The third-order valence-corrected chi connectivity index (χ3v) is 4.73. The van der Waals surface area contributed by atoms with Crippen molar-refractivity contribution in [2.75, 3.05) is 13.2 Å². The van der Waals surface area contributed by atoms with Gasteiger partial charge in [0, 0.05) is 32.3 Å². The Bertz CT molecular complexity index is 547. The Balaban J connectivity index is 1.66. The smallest absolute Gasteiger partial charge is 0.120 e. The lowest BCUT2D eigenvalue weighted by Gasteiger charge is -2.13. The lowest BCUT2D eigenvalue weighted by atomic mass is 10.3. The molecule has 6 heteroatoms. The molecule has 2 aromatic rings. The van der Waals surface area contributed by atoms with Crippen LogP contribution in [0.25, 0.3) is 0 Å². The number of hydrogen-bond acceptors (Lipinski definition) is 4.